The van der Waals surface area contributed by atoms with Crippen LogP contribution in [-0.4, -0.2) is 16.6 Å². The van der Waals surface area contributed by atoms with E-state index in [0.717, 1.165) is 5.75 Å². The maximum atomic E-state index is 4.17. The second-order valence-electron chi connectivity index (χ2n) is 1.24. The Balaban J connectivity index is 2.06. The van der Waals surface area contributed by atoms with Crippen molar-refractivity contribution in [1.82, 2.24) is 0 Å². The molecule has 8 heavy (non-hydrogen) atoms. The lowest BCUT2D eigenvalue weighted by Crippen LogP contribution is -2.00. The van der Waals surface area contributed by atoms with Gasteiger partial charge >= 0.3 is 0 Å². The molecule has 5 heteroatoms. The zero-order chi connectivity index (χ0) is 5.82. The molecule has 1 atom stereocenters. The van der Waals surface area contributed by atoms with Gasteiger partial charge in [-0.05, 0) is 10.8 Å². The van der Waals surface area contributed by atoms with Crippen LogP contribution in [0.3, 0.4) is 0 Å². The highest BCUT2D eigenvalue weighted by Crippen LogP contribution is 2.49. The van der Waals surface area contributed by atoms with Gasteiger partial charge in [0.2, 0.25) is 0 Å². The summed E-state index contributed by atoms with van der Waals surface area (Å²) >= 11 is 4.17. The van der Waals surface area contributed by atoms with Crippen molar-refractivity contribution in [2.24, 2.45) is 0 Å². The van der Waals surface area contributed by atoms with Gasteiger partial charge < -0.3 is 0 Å². The van der Waals surface area contributed by atoms with Gasteiger partial charge in [0.25, 0.3) is 0 Å². The molecule has 0 amide bonds. The minimum absolute atomic E-state index is 0.639. The predicted octanol–water partition coefficient (Wildman–Crippen LogP) is 2.45. The van der Waals surface area contributed by atoms with Crippen LogP contribution in [-0.2, 0) is 9.93 Å². The minimum Gasteiger partial charge on any atom is -0.174 e. The number of hydrogen-bond acceptors (Lipinski definition) is 4. The summed E-state index contributed by atoms with van der Waals surface area (Å²) < 4.78 is 0. The fourth-order valence-electron chi connectivity index (χ4n) is 0.347. The fourth-order valence-corrected chi connectivity index (χ4v) is 13.5. The molecule has 1 rings (SSSR count). The molecule has 1 fully saturated rings. The van der Waals surface area contributed by atoms with Crippen LogP contribution in [0, 0.1) is 0 Å². The van der Waals surface area contributed by atoms with Gasteiger partial charge in [-0.1, -0.05) is 0 Å². The van der Waals surface area contributed by atoms with Crippen LogP contribution >= 0.6 is 43.1 Å². The molecular formula is C3H7S5+. The van der Waals surface area contributed by atoms with E-state index in [1.54, 1.807) is 0 Å². The van der Waals surface area contributed by atoms with Crippen molar-refractivity contribution in [2.45, 2.75) is 0 Å². The van der Waals surface area contributed by atoms with E-state index in [0.29, 0.717) is 9.93 Å². The largest absolute Gasteiger partial charge is 0.177 e. The highest BCUT2D eigenvalue weighted by Gasteiger charge is 2.27. The lowest BCUT2D eigenvalue weighted by molar-refractivity contribution is 1.56. The Kier molecular flexibility index (Phi) is 4.46. The Morgan fingerprint density at radius 1 is 1.62 bits per heavy atom. The van der Waals surface area contributed by atoms with Crippen LogP contribution in [0.4, 0.5) is 0 Å². The molecule has 0 saturated carbocycles. The van der Waals surface area contributed by atoms with E-state index in [9.17, 15) is 0 Å². The van der Waals surface area contributed by atoms with Gasteiger partial charge in [-0.2, -0.15) is 12.6 Å². The standard InChI is InChI=1S/C3H6S5/c4-1-2-8-3-5-6-7-8/h1-3H2/p+1. The van der Waals surface area contributed by atoms with Crippen LogP contribution in [0.15, 0.2) is 0 Å². The minimum atomic E-state index is 0.639. The quantitative estimate of drug-likeness (QED) is 0.416. The maximum Gasteiger partial charge on any atom is 0.177 e. The molecule has 1 unspecified atom stereocenters. The van der Waals surface area contributed by atoms with E-state index in [4.69, 9.17) is 0 Å². The molecule has 1 saturated heterocycles. The van der Waals surface area contributed by atoms with Gasteiger partial charge in [0, 0.05) is 15.6 Å². The third-order valence-electron chi connectivity index (χ3n) is 0.671. The van der Waals surface area contributed by atoms with Crippen molar-refractivity contribution in [3.63, 3.8) is 0 Å². The molecule has 0 aromatic rings. The summed E-state index contributed by atoms with van der Waals surface area (Å²) in [5.74, 6) is 2.35. The molecule has 0 aromatic heterocycles. The summed E-state index contributed by atoms with van der Waals surface area (Å²) in [5.41, 5.74) is 0. The average Bonchev–Trinajstić information content (AvgIpc) is 2.19. The normalized spacial score (nSPS) is 28.9. The molecule has 1 aliphatic rings. The first kappa shape index (κ1) is 7.85. The summed E-state index contributed by atoms with van der Waals surface area (Å²) in [7, 11) is 6.58. The third kappa shape index (κ3) is 2.56. The lowest BCUT2D eigenvalue weighted by Gasteiger charge is -1.88. The van der Waals surface area contributed by atoms with E-state index < -0.39 is 0 Å². The van der Waals surface area contributed by atoms with Crippen molar-refractivity contribution in [1.29, 1.82) is 0 Å². The van der Waals surface area contributed by atoms with Crippen molar-refractivity contribution >= 4 is 53.0 Å². The van der Waals surface area contributed by atoms with E-state index in [1.165, 1.54) is 10.8 Å². The smallest absolute Gasteiger partial charge is 0.174 e. The van der Waals surface area contributed by atoms with Crippen molar-refractivity contribution in [2.75, 3.05) is 16.6 Å². The molecule has 0 radical (unpaired) electrons. The summed E-state index contributed by atoms with van der Waals surface area (Å²) in [6, 6.07) is 0. The highest BCUT2D eigenvalue weighted by atomic mass is 33.7. The van der Waals surface area contributed by atoms with Gasteiger partial charge in [-0.15, -0.1) is 0 Å². The van der Waals surface area contributed by atoms with Gasteiger partial charge in [-0.3, -0.25) is 0 Å². The zero-order valence-electron chi connectivity index (χ0n) is 4.20. The molecule has 0 aromatic carbocycles. The third-order valence-corrected chi connectivity index (χ3v) is 11.5. The second kappa shape index (κ2) is 4.55. The van der Waals surface area contributed by atoms with Crippen LogP contribution in [0.1, 0.15) is 0 Å². The molecule has 1 heterocycles. The van der Waals surface area contributed by atoms with E-state index in [1.807, 2.05) is 30.4 Å². The monoisotopic (exact) mass is 203 g/mol. The van der Waals surface area contributed by atoms with Gasteiger partial charge in [0.15, 0.2) is 14.9 Å². The Morgan fingerprint density at radius 3 is 3.00 bits per heavy atom. The summed E-state index contributed by atoms with van der Waals surface area (Å²) in [4.78, 5) is 0. The van der Waals surface area contributed by atoms with Crippen molar-refractivity contribution in [3.05, 3.63) is 0 Å². The Labute approximate surface area is 69.3 Å². The summed E-state index contributed by atoms with van der Waals surface area (Å²) in [6.45, 7) is 0. The first-order valence-corrected chi connectivity index (χ1v) is 8.55. The van der Waals surface area contributed by atoms with Crippen molar-refractivity contribution in [3.8, 4) is 0 Å². The Morgan fingerprint density at radius 2 is 2.50 bits per heavy atom. The number of rotatable bonds is 2. The van der Waals surface area contributed by atoms with E-state index >= 15 is 0 Å². The fraction of sp³-hybridized carbons (Fsp3) is 1.00. The van der Waals surface area contributed by atoms with Crippen LogP contribution in [0.25, 0.3) is 0 Å². The zero-order valence-corrected chi connectivity index (χ0v) is 8.36. The van der Waals surface area contributed by atoms with Crippen LogP contribution in [0.5, 0.6) is 0 Å². The molecule has 0 spiro atoms. The van der Waals surface area contributed by atoms with Gasteiger partial charge in [-0.25, -0.2) is 0 Å². The first-order valence-electron chi connectivity index (χ1n) is 2.18. The lowest BCUT2D eigenvalue weighted by atomic mass is 11.0. The molecule has 0 N–H and O–H groups in total. The SMILES string of the molecule is SCC[S+]1CSSS1. The highest BCUT2D eigenvalue weighted by molar-refractivity contribution is 9.29. The maximum absolute atomic E-state index is 4.17. The van der Waals surface area contributed by atoms with Crippen LogP contribution < -0.4 is 0 Å². The number of thiol groups is 1. The summed E-state index contributed by atoms with van der Waals surface area (Å²) in [6.07, 6.45) is 0. The van der Waals surface area contributed by atoms with E-state index in [2.05, 4.69) is 12.6 Å². The van der Waals surface area contributed by atoms with Gasteiger partial charge in [0.1, 0.15) is 5.75 Å². The predicted molar refractivity (Wildman–Crippen MR) is 53.7 cm³/mol. The topological polar surface area (TPSA) is 0 Å². The molecule has 0 bridgehead atoms. The second-order valence-corrected chi connectivity index (χ2v) is 9.81. The Hall–Kier alpha value is 1.75. The first-order chi connectivity index (χ1) is 3.93. The molecule has 48 valence electrons. The summed E-state index contributed by atoms with van der Waals surface area (Å²) in [5, 5.41) is 1.34. The van der Waals surface area contributed by atoms with Crippen molar-refractivity contribution < 1.29 is 0 Å². The number of hydrogen-bond donors (Lipinski definition) is 1. The van der Waals surface area contributed by atoms with Gasteiger partial charge in [0.05, 0.1) is 9.93 Å². The molecule has 0 nitrogen and oxygen atoms in total. The van der Waals surface area contributed by atoms with Crippen LogP contribution in [0.2, 0.25) is 0 Å². The Bertz CT molecular complexity index is 58.7. The molecule has 0 aliphatic carbocycles. The molecular weight excluding hydrogens is 196 g/mol. The average molecular weight is 203 g/mol. The molecule has 1 aliphatic heterocycles. The van der Waals surface area contributed by atoms with E-state index in [-0.39, 0.29) is 0 Å².